The number of nitrogens with zero attached hydrogens (tertiary/aromatic N) is 1. The second-order valence-electron chi connectivity index (χ2n) is 1.18. The highest BCUT2D eigenvalue weighted by atomic mass is 14.6. The Balaban J connectivity index is 3.57. The Morgan fingerprint density at radius 3 is 2.71 bits per heavy atom. The fraction of sp³-hybridized carbons (Fsp3) is 0.400. The molecule has 0 amide bonds. The van der Waals surface area contributed by atoms with E-state index in [1.807, 2.05) is 6.92 Å². The fourth-order valence-electron chi connectivity index (χ4n) is 0.266. The van der Waals surface area contributed by atoms with Crippen molar-refractivity contribution in [2.24, 2.45) is 5.73 Å². The summed E-state index contributed by atoms with van der Waals surface area (Å²) >= 11 is 0. The first kappa shape index (κ1) is 6.03. The molecule has 0 aromatic carbocycles. The Hall–Kier alpha value is -0.970. The lowest BCUT2D eigenvalue weighted by Gasteiger charge is -1.78. The number of hydrogen-bond donors (Lipinski definition) is 1. The largest absolute Gasteiger partial charge is 0.390 e. The van der Waals surface area contributed by atoms with Gasteiger partial charge in [-0.15, -0.1) is 0 Å². The summed E-state index contributed by atoms with van der Waals surface area (Å²) in [6.07, 6.45) is 2.51. The van der Waals surface area contributed by atoms with Gasteiger partial charge in [-0.1, -0.05) is 13.0 Å². The predicted molar refractivity (Wildman–Crippen MR) is 28.2 cm³/mol. The SMILES string of the molecule is CCC=C(N)C#N. The van der Waals surface area contributed by atoms with E-state index in [9.17, 15) is 0 Å². The number of nitriles is 1. The molecular weight excluding hydrogens is 88.1 g/mol. The van der Waals surface area contributed by atoms with Gasteiger partial charge in [-0.2, -0.15) is 5.26 Å². The minimum atomic E-state index is 0.308. The van der Waals surface area contributed by atoms with Crippen LogP contribution >= 0.6 is 0 Å². The number of allylic oxidation sites excluding steroid dienone is 2. The standard InChI is InChI=1S/C5H8N2/c1-2-3-5(7)4-6/h3H,2,7H2,1H3. The van der Waals surface area contributed by atoms with Crippen LogP contribution in [0.5, 0.6) is 0 Å². The molecule has 38 valence electrons. The van der Waals surface area contributed by atoms with Crippen molar-refractivity contribution in [3.63, 3.8) is 0 Å². The molecule has 0 bridgehead atoms. The van der Waals surface area contributed by atoms with Gasteiger partial charge in [0.1, 0.15) is 11.8 Å². The monoisotopic (exact) mass is 96.1 g/mol. The summed E-state index contributed by atoms with van der Waals surface area (Å²) < 4.78 is 0. The Bertz CT molecular complexity index is 108. The Morgan fingerprint density at radius 1 is 2.00 bits per heavy atom. The van der Waals surface area contributed by atoms with Gasteiger partial charge in [-0.3, -0.25) is 0 Å². The topological polar surface area (TPSA) is 49.8 Å². The molecular formula is C5H8N2. The van der Waals surface area contributed by atoms with Gasteiger partial charge >= 0.3 is 0 Å². The van der Waals surface area contributed by atoms with E-state index in [1.54, 1.807) is 12.1 Å². The summed E-state index contributed by atoms with van der Waals surface area (Å²) in [5, 5.41) is 8.02. The Kier molecular flexibility index (Phi) is 2.78. The summed E-state index contributed by atoms with van der Waals surface area (Å²) in [7, 11) is 0. The average Bonchev–Trinajstić information content (AvgIpc) is 1.68. The normalized spacial score (nSPS) is 10.6. The molecule has 0 aliphatic carbocycles. The summed E-state index contributed by atoms with van der Waals surface area (Å²) in [6, 6.07) is 1.80. The minimum Gasteiger partial charge on any atom is -0.390 e. The lowest BCUT2D eigenvalue weighted by Crippen LogP contribution is -1.90. The van der Waals surface area contributed by atoms with Gasteiger partial charge in [-0.05, 0) is 6.42 Å². The van der Waals surface area contributed by atoms with Crippen LogP contribution in [0.4, 0.5) is 0 Å². The molecule has 0 fully saturated rings. The van der Waals surface area contributed by atoms with E-state index in [2.05, 4.69) is 0 Å². The van der Waals surface area contributed by atoms with Gasteiger partial charge in [-0.25, -0.2) is 0 Å². The summed E-state index contributed by atoms with van der Waals surface area (Å²) in [5.74, 6) is 0. The van der Waals surface area contributed by atoms with Crippen LogP contribution in [-0.2, 0) is 0 Å². The molecule has 0 aliphatic heterocycles. The maximum absolute atomic E-state index is 8.02. The van der Waals surface area contributed by atoms with Gasteiger partial charge in [0.2, 0.25) is 0 Å². The molecule has 0 aliphatic rings. The maximum Gasteiger partial charge on any atom is 0.116 e. The van der Waals surface area contributed by atoms with Gasteiger partial charge < -0.3 is 5.73 Å². The van der Waals surface area contributed by atoms with Gasteiger partial charge in [0.25, 0.3) is 0 Å². The van der Waals surface area contributed by atoms with Gasteiger partial charge in [0.15, 0.2) is 0 Å². The number of rotatable bonds is 1. The van der Waals surface area contributed by atoms with Gasteiger partial charge in [0.05, 0.1) is 0 Å². The lowest BCUT2D eigenvalue weighted by atomic mass is 10.4. The van der Waals surface area contributed by atoms with E-state index in [0.29, 0.717) is 5.70 Å². The van der Waals surface area contributed by atoms with Crippen molar-refractivity contribution in [3.8, 4) is 6.07 Å². The zero-order valence-corrected chi connectivity index (χ0v) is 4.31. The number of hydrogen-bond acceptors (Lipinski definition) is 2. The molecule has 2 N–H and O–H groups in total. The molecule has 0 heterocycles. The van der Waals surface area contributed by atoms with Crippen LogP contribution in [0.15, 0.2) is 11.8 Å². The third-order valence-electron chi connectivity index (χ3n) is 0.553. The first-order valence-electron chi connectivity index (χ1n) is 2.17. The van der Waals surface area contributed by atoms with Crippen molar-refractivity contribution in [3.05, 3.63) is 11.8 Å². The van der Waals surface area contributed by atoms with E-state index >= 15 is 0 Å². The third-order valence-corrected chi connectivity index (χ3v) is 0.553. The zero-order valence-electron chi connectivity index (χ0n) is 4.31. The average molecular weight is 96.1 g/mol. The van der Waals surface area contributed by atoms with Gasteiger partial charge in [0, 0.05) is 0 Å². The fourth-order valence-corrected chi connectivity index (χ4v) is 0.266. The van der Waals surface area contributed by atoms with E-state index < -0.39 is 0 Å². The molecule has 0 aromatic rings. The van der Waals surface area contributed by atoms with Crippen LogP contribution in [-0.4, -0.2) is 0 Å². The first-order chi connectivity index (χ1) is 3.31. The molecule has 0 atom stereocenters. The lowest BCUT2D eigenvalue weighted by molar-refractivity contribution is 1.19. The zero-order chi connectivity index (χ0) is 5.70. The van der Waals surface area contributed by atoms with Crippen LogP contribution in [0.2, 0.25) is 0 Å². The third kappa shape index (κ3) is 2.84. The summed E-state index contributed by atoms with van der Waals surface area (Å²) in [5.41, 5.74) is 5.39. The molecule has 0 saturated heterocycles. The highest BCUT2D eigenvalue weighted by molar-refractivity contribution is 5.15. The minimum absolute atomic E-state index is 0.308. The van der Waals surface area contributed by atoms with Crippen molar-refractivity contribution in [2.45, 2.75) is 13.3 Å². The van der Waals surface area contributed by atoms with Crippen LogP contribution in [0.25, 0.3) is 0 Å². The van der Waals surface area contributed by atoms with E-state index in [1.165, 1.54) is 0 Å². The van der Waals surface area contributed by atoms with Crippen LogP contribution in [0, 0.1) is 11.3 Å². The highest BCUT2D eigenvalue weighted by Gasteiger charge is 1.76. The molecule has 0 aromatic heterocycles. The second-order valence-corrected chi connectivity index (χ2v) is 1.18. The van der Waals surface area contributed by atoms with Crippen LogP contribution in [0.3, 0.4) is 0 Å². The van der Waals surface area contributed by atoms with E-state index in [-0.39, 0.29) is 0 Å². The Morgan fingerprint density at radius 2 is 2.57 bits per heavy atom. The summed E-state index contributed by atoms with van der Waals surface area (Å²) in [4.78, 5) is 0. The molecule has 0 unspecified atom stereocenters. The molecule has 0 spiro atoms. The smallest absolute Gasteiger partial charge is 0.116 e. The second kappa shape index (κ2) is 3.23. The van der Waals surface area contributed by atoms with Crippen molar-refractivity contribution in [1.29, 1.82) is 5.26 Å². The molecule has 0 radical (unpaired) electrons. The summed E-state index contributed by atoms with van der Waals surface area (Å²) in [6.45, 7) is 1.93. The van der Waals surface area contributed by atoms with E-state index in [0.717, 1.165) is 6.42 Å². The molecule has 2 heteroatoms. The maximum atomic E-state index is 8.02. The predicted octanol–water partition coefficient (Wildman–Crippen LogP) is 0.763. The Labute approximate surface area is 43.2 Å². The van der Waals surface area contributed by atoms with Crippen molar-refractivity contribution >= 4 is 0 Å². The van der Waals surface area contributed by atoms with Crippen molar-refractivity contribution < 1.29 is 0 Å². The van der Waals surface area contributed by atoms with Crippen molar-refractivity contribution in [2.75, 3.05) is 0 Å². The number of nitrogens with two attached hydrogens (primary N) is 1. The first-order valence-corrected chi connectivity index (χ1v) is 2.17. The molecule has 0 rings (SSSR count). The quantitative estimate of drug-likeness (QED) is 0.490. The highest BCUT2D eigenvalue weighted by Crippen LogP contribution is 1.82. The molecule has 2 nitrogen and oxygen atoms in total. The van der Waals surface area contributed by atoms with Crippen LogP contribution in [0.1, 0.15) is 13.3 Å². The van der Waals surface area contributed by atoms with Crippen LogP contribution < -0.4 is 5.73 Å². The van der Waals surface area contributed by atoms with Crippen molar-refractivity contribution in [1.82, 2.24) is 0 Å². The molecule has 7 heavy (non-hydrogen) atoms. The van der Waals surface area contributed by atoms with E-state index in [4.69, 9.17) is 11.0 Å². The molecule has 0 saturated carbocycles.